The standard InChI is InChI=1S/C17H24N4O3S/c1-5-11-18-17(22)10-9-16-19-14-12-13(25(23,24)20(3)4)7-8-15(14)21(16)6-2/h5,7-8,12H,1,6,9-11H2,2-4H3,(H,18,22). The predicted molar refractivity (Wildman–Crippen MR) is 97.8 cm³/mol. The number of hydrogen-bond donors (Lipinski definition) is 1. The molecule has 0 saturated carbocycles. The fourth-order valence-corrected chi connectivity index (χ4v) is 3.50. The van der Waals surface area contributed by atoms with Gasteiger partial charge in [-0.25, -0.2) is 17.7 Å². The van der Waals surface area contributed by atoms with Crippen LogP contribution in [0, 0.1) is 0 Å². The summed E-state index contributed by atoms with van der Waals surface area (Å²) in [6.45, 7) is 6.69. The highest BCUT2D eigenvalue weighted by Gasteiger charge is 2.19. The molecular formula is C17H24N4O3S. The molecular weight excluding hydrogens is 340 g/mol. The van der Waals surface area contributed by atoms with Gasteiger partial charge in [-0.2, -0.15) is 0 Å². The smallest absolute Gasteiger partial charge is 0.242 e. The average Bonchev–Trinajstić information content (AvgIpc) is 2.94. The van der Waals surface area contributed by atoms with Gasteiger partial charge in [0.15, 0.2) is 0 Å². The van der Waals surface area contributed by atoms with Crippen molar-refractivity contribution >= 4 is 27.0 Å². The highest BCUT2D eigenvalue weighted by atomic mass is 32.2. The van der Waals surface area contributed by atoms with E-state index < -0.39 is 10.0 Å². The fraction of sp³-hybridized carbons (Fsp3) is 0.412. The quantitative estimate of drug-likeness (QED) is 0.720. The molecule has 25 heavy (non-hydrogen) atoms. The van der Waals surface area contributed by atoms with Gasteiger partial charge < -0.3 is 9.88 Å². The maximum Gasteiger partial charge on any atom is 0.242 e. The van der Waals surface area contributed by atoms with E-state index >= 15 is 0 Å². The fourth-order valence-electron chi connectivity index (χ4n) is 2.57. The maximum atomic E-state index is 12.3. The Balaban J connectivity index is 2.33. The van der Waals surface area contributed by atoms with Crippen LogP contribution in [0.5, 0.6) is 0 Å². The van der Waals surface area contributed by atoms with E-state index in [0.717, 1.165) is 11.3 Å². The van der Waals surface area contributed by atoms with Crippen molar-refractivity contribution in [2.45, 2.75) is 31.2 Å². The lowest BCUT2D eigenvalue weighted by atomic mass is 10.2. The van der Waals surface area contributed by atoms with Crippen LogP contribution < -0.4 is 5.32 Å². The van der Waals surface area contributed by atoms with Crippen molar-refractivity contribution in [2.24, 2.45) is 0 Å². The van der Waals surface area contributed by atoms with Gasteiger partial charge in [0, 0.05) is 40.0 Å². The van der Waals surface area contributed by atoms with E-state index in [9.17, 15) is 13.2 Å². The first kappa shape index (κ1) is 19.1. The average molecular weight is 364 g/mol. The number of carbonyl (C=O) groups is 1. The molecule has 1 aromatic heterocycles. The first-order valence-corrected chi connectivity index (χ1v) is 9.54. The Kier molecular flexibility index (Phi) is 5.97. The largest absolute Gasteiger partial charge is 0.353 e. The van der Waals surface area contributed by atoms with E-state index in [-0.39, 0.29) is 10.8 Å². The van der Waals surface area contributed by atoms with Crippen molar-refractivity contribution in [1.29, 1.82) is 0 Å². The van der Waals surface area contributed by atoms with Crippen LogP contribution >= 0.6 is 0 Å². The van der Waals surface area contributed by atoms with Crippen LogP contribution in [0.4, 0.5) is 0 Å². The second-order valence-electron chi connectivity index (χ2n) is 5.80. The third-order valence-electron chi connectivity index (χ3n) is 3.91. The van der Waals surface area contributed by atoms with Crippen molar-refractivity contribution in [2.75, 3.05) is 20.6 Å². The lowest BCUT2D eigenvalue weighted by molar-refractivity contribution is -0.120. The number of rotatable bonds is 8. The molecule has 2 aromatic rings. The number of fused-ring (bicyclic) bond motifs is 1. The number of nitrogens with zero attached hydrogens (tertiary/aromatic N) is 3. The van der Waals surface area contributed by atoms with Gasteiger partial charge >= 0.3 is 0 Å². The van der Waals surface area contributed by atoms with E-state index in [1.54, 1.807) is 24.3 Å². The highest BCUT2D eigenvalue weighted by molar-refractivity contribution is 7.89. The second-order valence-corrected chi connectivity index (χ2v) is 7.95. The zero-order valence-corrected chi connectivity index (χ0v) is 15.6. The number of aromatic nitrogens is 2. The molecule has 7 nitrogen and oxygen atoms in total. The number of amides is 1. The number of hydrogen-bond acceptors (Lipinski definition) is 4. The molecule has 1 N–H and O–H groups in total. The van der Waals surface area contributed by atoms with Crippen LogP contribution in [-0.2, 0) is 27.8 Å². The topological polar surface area (TPSA) is 84.3 Å². The van der Waals surface area contributed by atoms with Gasteiger partial charge in [-0.05, 0) is 25.1 Å². The Morgan fingerprint density at radius 3 is 2.72 bits per heavy atom. The van der Waals surface area contributed by atoms with Crippen LogP contribution in [-0.4, -0.2) is 48.8 Å². The van der Waals surface area contributed by atoms with E-state index in [1.165, 1.54) is 18.4 Å². The molecule has 0 fully saturated rings. The Bertz CT molecular complexity index is 885. The molecule has 0 saturated heterocycles. The minimum absolute atomic E-state index is 0.0644. The Morgan fingerprint density at radius 1 is 1.40 bits per heavy atom. The van der Waals surface area contributed by atoms with Crippen LogP contribution in [0.1, 0.15) is 19.2 Å². The van der Waals surface area contributed by atoms with Crippen molar-refractivity contribution < 1.29 is 13.2 Å². The minimum Gasteiger partial charge on any atom is -0.353 e. The van der Waals surface area contributed by atoms with Crippen molar-refractivity contribution in [3.8, 4) is 0 Å². The van der Waals surface area contributed by atoms with Crippen LogP contribution in [0.15, 0.2) is 35.7 Å². The van der Waals surface area contributed by atoms with Gasteiger partial charge in [0.05, 0.1) is 15.9 Å². The molecule has 0 radical (unpaired) electrons. The summed E-state index contributed by atoms with van der Waals surface area (Å²) in [5, 5.41) is 2.74. The Morgan fingerprint density at radius 2 is 2.12 bits per heavy atom. The Hall–Kier alpha value is -2.19. The molecule has 0 bridgehead atoms. The summed E-state index contributed by atoms with van der Waals surface area (Å²) < 4.78 is 27.7. The van der Waals surface area contributed by atoms with Crippen LogP contribution in [0.25, 0.3) is 11.0 Å². The van der Waals surface area contributed by atoms with E-state index in [4.69, 9.17) is 0 Å². The van der Waals surface area contributed by atoms with E-state index in [1.807, 2.05) is 11.5 Å². The summed E-state index contributed by atoms with van der Waals surface area (Å²) in [5.74, 6) is 0.705. The highest BCUT2D eigenvalue weighted by Crippen LogP contribution is 2.22. The number of aryl methyl sites for hydroxylation is 2. The molecule has 8 heteroatoms. The molecule has 1 amide bonds. The summed E-state index contributed by atoms with van der Waals surface area (Å²) in [4.78, 5) is 16.5. The first-order chi connectivity index (χ1) is 11.8. The van der Waals surface area contributed by atoms with Gasteiger partial charge in [-0.15, -0.1) is 6.58 Å². The molecule has 2 rings (SSSR count). The molecule has 0 spiro atoms. The Labute approximate surface area is 148 Å². The van der Waals surface area contributed by atoms with Crippen LogP contribution in [0.2, 0.25) is 0 Å². The third-order valence-corrected chi connectivity index (χ3v) is 5.72. The summed E-state index contributed by atoms with van der Waals surface area (Å²) in [6, 6.07) is 4.94. The lowest BCUT2D eigenvalue weighted by Crippen LogP contribution is -2.23. The summed E-state index contributed by atoms with van der Waals surface area (Å²) in [6.07, 6.45) is 2.44. The zero-order chi connectivity index (χ0) is 18.6. The van der Waals surface area contributed by atoms with Gasteiger partial charge in [0.2, 0.25) is 15.9 Å². The number of nitrogens with one attached hydrogen (secondary N) is 1. The van der Waals surface area contributed by atoms with Crippen molar-refractivity contribution in [1.82, 2.24) is 19.2 Å². The molecule has 0 atom stereocenters. The van der Waals surface area contributed by atoms with Gasteiger partial charge in [-0.1, -0.05) is 6.08 Å². The summed E-state index contributed by atoms with van der Waals surface area (Å²) in [7, 11) is -0.509. The predicted octanol–water partition coefficient (Wildman–Crippen LogP) is 1.54. The van der Waals surface area contributed by atoms with Crippen LogP contribution in [0.3, 0.4) is 0 Å². The van der Waals surface area contributed by atoms with Gasteiger partial charge in [-0.3, -0.25) is 4.79 Å². The number of carbonyl (C=O) groups excluding carboxylic acids is 1. The third kappa shape index (κ3) is 4.08. The first-order valence-electron chi connectivity index (χ1n) is 8.10. The molecule has 1 aromatic carbocycles. The number of benzene rings is 1. The van der Waals surface area contributed by atoms with Gasteiger partial charge in [0.1, 0.15) is 5.82 Å². The SMILES string of the molecule is C=CCNC(=O)CCc1nc2cc(S(=O)(=O)N(C)C)ccc2n1CC. The number of sulfonamides is 1. The minimum atomic E-state index is -3.50. The molecule has 0 unspecified atom stereocenters. The zero-order valence-electron chi connectivity index (χ0n) is 14.8. The second kappa shape index (κ2) is 7.79. The van der Waals surface area contributed by atoms with Crippen molar-refractivity contribution in [3.63, 3.8) is 0 Å². The monoisotopic (exact) mass is 364 g/mol. The number of imidazole rings is 1. The maximum absolute atomic E-state index is 12.3. The van der Waals surface area contributed by atoms with E-state index in [0.29, 0.717) is 31.4 Å². The molecule has 0 aliphatic rings. The normalized spacial score (nSPS) is 11.8. The molecule has 0 aliphatic heterocycles. The lowest BCUT2D eigenvalue weighted by Gasteiger charge is -2.11. The summed E-state index contributed by atoms with van der Waals surface area (Å²) in [5.41, 5.74) is 1.48. The molecule has 136 valence electrons. The van der Waals surface area contributed by atoms with Gasteiger partial charge in [0.25, 0.3) is 0 Å². The molecule has 0 aliphatic carbocycles. The van der Waals surface area contributed by atoms with Crippen molar-refractivity contribution in [3.05, 3.63) is 36.7 Å². The molecule has 1 heterocycles. The summed E-state index contributed by atoms with van der Waals surface area (Å²) >= 11 is 0. The van der Waals surface area contributed by atoms with E-state index in [2.05, 4.69) is 16.9 Å².